The average Bonchev–Trinajstić information content (AvgIpc) is 2.36. The maximum Gasteiger partial charge on any atom is 0.305 e. The van der Waals surface area contributed by atoms with Gasteiger partial charge < -0.3 is 5.11 Å². The Hall–Kier alpha value is -1.49. The summed E-state index contributed by atoms with van der Waals surface area (Å²) in [6.45, 7) is 2.11. The minimum Gasteiger partial charge on any atom is -0.393 e. The molecule has 1 aromatic rings. The second-order valence-corrected chi connectivity index (χ2v) is 5.46. The van der Waals surface area contributed by atoms with Crippen LogP contribution in [0.2, 0.25) is 0 Å². The summed E-state index contributed by atoms with van der Waals surface area (Å²) in [6, 6.07) is 4.22. The lowest BCUT2D eigenvalue weighted by Crippen LogP contribution is -2.30. The van der Waals surface area contributed by atoms with E-state index in [-0.39, 0.29) is 5.92 Å². The molecular formula is C14H18FNO3. The topological polar surface area (TPSA) is 63.4 Å². The third kappa shape index (κ3) is 3.10. The fourth-order valence-corrected chi connectivity index (χ4v) is 2.85. The van der Waals surface area contributed by atoms with E-state index >= 15 is 0 Å². The van der Waals surface area contributed by atoms with E-state index < -0.39 is 22.5 Å². The maximum absolute atomic E-state index is 14.0. The van der Waals surface area contributed by atoms with Crippen molar-refractivity contribution < 1.29 is 14.4 Å². The molecule has 0 aliphatic heterocycles. The second kappa shape index (κ2) is 5.65. The number of nitrogens with zero attached hydrogens (tertiary/aromatic N) is 1. The number of benzene rings is 1. The Kier molecular flexibility index (Phi) is 4.14. The highest BCUT2D eigenvalue weighted by Gasteiger charge is 2.29. The van der Waals surface area contributed by atoms with Gasteiger partial charge in [0.2, 0.25) is 5.82 Å². The molecular weight excluding hydrogens is 249 g/mol. The summed E-state index contributed by atoms with van der Waals surface area (Å²) in [7, 11) is 0. The Morgan fingerprint density at radius 1 is 1.47 bits per heavy atom. The van der Waals surface area contributed by atoms with Crippen LogP contribution in [0.1, 0.15) is 31.7 Å². The van der Waals surface area contributed by atoms with E-state index in [1.807, 2.05) is 0 Å². The highest BCUT2D eigenvalue weighted by molar-refractivity contribution is 5.37. The summed E-state index contributed by atoms with van der Waals surface area (Å²) in [5.74, 6) is -0.270. The van der Waals surface area contributed by atoms with Crippen LogP contribution < -0.4 is 0 Å². The largest absolute Gasteiger partial charge is 0.393 e. The first kappa shape index (κ1) is 13.9. The number of hydrogen-bond acceptors (Lipinski definition) is 3. The van der Waals surface area contributed by atoms with E-state index in [4.69, 9.17) is 0 Å². The van der Waals surface area contributed by atoms with Crippen molar-refractivity contribution in [1.29, 1.82) is 0 Å². The summed E-state index contributed by atoms with van der Waals surface area (Å²) in [4.78, 5) is 9.99. The molecule has 0 heterocycles. The first-order valence-electron chi connectivity index (χ1n) is 6.59. The van der Waals surface area contributed by atoms with Crippen molar-refractivity contribution >= 4 is 5.69 Å². The molecule has 4 nitrogen and oxygen atoms in total. The Labute approximate surface area is 111 Å². The molecule has 0 spiro atoms. The summed E-state index contributed by atoms with van der Waals surface area (Å²) in [6.07, 6.45) is 2.47. The van der Waals surface area contributed by atoms with Crippen LogP contribution in [-0.2, 0) is 6.42 Å². The van der Waals surface area contributed by atoms with Crippen molar-refractivity contribution in [3.8, 4) is 0 Å². The van der Waals surface area contributed by atoms with Gasteiger partial charge in [-0.05, 0) is 43.1 Å². The van der Waals surface area contributed by atoms with Crippen LogP contribution >= 0.6 is 0 Å². The van der Waals surface area contributed by atoms with Gasteiger partial charge in [-0.3, -0.25) is 10.1 Å². The van der Waals surface area contributed by atoms with Gasteiger partial charge >= 0.3 is 5.69 Å². The van der Waals surface area contributed by atoms with Gasteiger partial charge in [0.05, 0.1) is 11.0 Å². The lowest BCUT2D eigenvalue weighted by Gasteiger charge is -2.31. The van der Waals surface area contributed by atoms with Gasteiger partial charge in [0, 0.05) is 6.07 Å². The summed E-state index contributed by atoms with van der Waals surface area (Å²) in [5.41, 5.74) is -0.164. The molecule has 5 heteroatoms. The van der Waals surface area contributed by atoms with Crippen LogP contribution in [0.15, 0.2) is 18.2 Å². The van der Waals surface area contributed by atoms with Crippen LogP contribution in [0, 0.1) is 27.8 Å². The monoisotopic (exact) mass is 267 g/mol. The van der Waals surface area contributed by atoms with Crippen LogP contribution in [0.25, 0.3) is 0 Å². The molecule has 1 fully saturated rings. The predicted octanol–water partition coefficient (Wildman–Crippen LogP) is 3.07. The lowest BCUT2D eigenvalue weighted by molar-refractivity contribution is -0.387. The quantitative estimate of drug-likeness (QED) is 0.676. The Morgan fingerprint density at radius 3 is 2.89 bits per heavy atom. The van der Waals surface area contributed by atoms with Gasteiger partial charge in [0.15, 0.2) is 0 Å². The van der Waals surface area contributed by atoms with Gasteiger partial charge in [-0.2, -0.15) is 4.39 Å². The third-order valence-corrected chi connectivity index (χ3v) is 3.94. The second-order valence-electron chi connectivity index (χ2n) is 5.46. The van der Waals surface area contributed by atoms with E-state index in [1.165, 1.54) is 12.1 Å². The minimum absolute atomic E-state index is 0.0137. The van der Waals surface area contributed by atoms with E-state index in [1.54, 1.807) is 6.07 Å². The molecule has 19 heavy (non-hydrogen) atoms. The Morgan fingerprint density at radius 2 is 2.21 bits per heavy atom. The normalized spacial score (nSPS) is 27.2. The third-order valence-electron chi connectivity index (χ3n) is 3.94. The predicted molar refractivity (Wildman–Crippen MR) is 69.3 cm³/mol. The molecule has 0 radical (unpaired) electrons. The first-order valence-corrected chi connectivity index (χ1v) is 6.59. The van der Waals surface area contributed by atoms with Gasteiger partial charge in [-0.25, -0.2) is 0 Å². The summed E-state index contributed by atoms with van der Waals surface area (Å²) >= 11 is 0. The van der Waals surface area contributed by atoms with Gasteiger partial charge in [0.25, 0.3) is 0 Å². The number of halogens is 1. The molecule has 0 saturated heterocycles. The zero-order valence-corrected chi connectivity index (χ0v) is 10.9. The summed E-state index contributed by atoms with van der Waals surface area (Å²) in [5, 5.41) is 20.7. The number of rotatable bonds is 3. The first-order chi connectivity index (χ1) is 8.99. The molecule has 1 aromatic carbocycles. The maximum atomic E-state index is 14.0. The van der Waals surface area contributed by atoms with Gasteiger partial charge in [-0.1, -0.05) is 19.1 Å². The smallest absolute Gasteiger partial charge is 0.305 e. The van der Waals surface area contributed by atoms with Crippen LogP contribution in [0.5, 0.6) is 0 Å². The van der Waals surface area contributed by atoms with Crippen molar-refractivity contribution in [2.75, 3.05) is 0 Å². The SMILES string of the molecule is CC1CCC(O)C(Cc2cccc([N+](=O)[O-])c2F)C1. The fourth-order valence-electron chi connectivity index (χ4n) is 2.85. The fraction of sp³-hybridized carbons (Fsp3) is 0.571. The van der Waals surface area contributed by atoms with Gasteiger partial charge in [-0.15, -0.1) is 0 Å². The summed E-state index contributed by atoms with van der Waals surface area (Å²) < 4.78 is 14.0. The molecule has 0 amide bonds. The van der Waals surface area contributed by atoms with E-state index in [2.05, 4.69) is 6.92 Å². The zero-order valence-electron chi connectivity index (χ0n) is 10.9. The van der Waals surface area contributed by atoms with Gasteiger partial charge in [0.1, 0.15) is 0 Å². The number of hydrogen-bond donors (Lipinski definition) is 1. The van der Waals surface area contributed by atoms with Crippen LogP contribution in [-0.4, -0.2) is 16.1 Å². The highest BCUT2D eigenvalue weighted by Crippen LogP contribution is 2.33. The standard InChI is InChI=1S/C14H18FNO3/c1-9-5-6-13(17)11(7-9)8-10-3-2-4-12(14(10)15)16(18)19/h2-4,9,11,13,17H,5-8H2,1H3. The Bertz CT molecular complexity index is 478. The molecule has 0 aromatic heterocycles. The van der Waals surface area contributed by atoms with Crippen molar-refractivity contribution in [2.45, 2.75) is 38.7 Å². The van der Waals surface area contributed by atoms with Crippen LogP contribution in [0.3, 0.4) is 0 Å². The van der Waals surface area contributed by atoms with E-state index in [0.29, 0.717) is 17.9 Å². The van der Waals surface area contributed by atoms with Crippen molar-refractivity contribution in [1.82, 2.24) is 0 Å². The Balaban J connectivity index is 2.19. The minimum atomic E-state index is -0.766. The molecule has 104 valence electrons. The molecule has 1 saturated carbocycles. The van der Waals surface area contributed by atoms with E-state index in [0.717, 1.165) is 19.3 Å². The molecule has 0 bridgehead atoms. The number of nitro benzene ring substituents is 1. The van der Waals surface area contributed by atoms with Crippen LogP contribution in [0.4, 0.5) is 10.1 Å². The zero-order chi connectivity index (χ0) is 14.0. The van der Waals surface area contributed by atoms with Crippen molar-refractivity contribution in [3.05, 3.63) is 39.7 Å². The number of aliphatic hydroxyl groups is 1. The van der Waals surface area contributed by atoms with Crippen molar-refractivity contribution in [2.24, 2.45) is 11.8 Å². The molecule has 1 aliphatic rings. The molecule has 2 rings (SSSR count). The van der Waals surface area contributed by atoms with E-state index in [9.17, 15) is 19.6 Å². The number of nitro groups is 1. The number of aliphatic hydroxyl groups excluding tert-OH is 1. The molecule has 3 atom stereocenters. The highest BCUT2D eigenvalue weighted by atomic mass is 19.1. The molecule has 1 N–H and O–H groups in total. The molecule has 3 unspecified atom stereocenters. The van der Waals surface area contributed by atoms with Crippen molar-refractivity contribution in [3.63, 3.8) is 0 Å². The lowest BCUT2D eigenvalue weighted by atomic mass is 9.77. The molecule has 1 aliphatic carbocycles. The average molecular weight is 267 g/mol.